The van der Waals surface area contributed by atoms with Crippen LogP contribution >= 0.6 is 23.1 Å². The summed E-state index contributed by atoms with van der Waals surface area (Å²) in [4.78, 5) is 5.73. The Kier molecular flexibility index (Phi) is 4.14. The molecule has 1 aliphatic rings. The number of hydrogen-bond acceptors (Lipinski definition) is 4. The standard InChI is InChI=1S/C18H19N3S2/c1-13-18(23-12-19-13)6-8-21-7-5-16-14(3-2-4-17(16)21)9-15-10-22-11-20-15/h2-5,7,9,12,20H,6,8,10-11H2,1H3. The minimum atomic E-state index is 1.00. The highest BCUT2D eigenvalue weighted by Crippen LogP contribution is 2.25. The molecule has 0 unspecified atom stereocenters. The largest absolute Gasteiger partial charge is 0.379 e. The third-order valence-electron chi connectivity index (χ3n) is 4.26. The van der Waals surface area contributed by atoms with E-state index in [1.165, 1.54) is 32.7 Å². The number of rotatable bonds is 4. The summed E-state index contributed by atoms with van der Waals surface area (Å²) in [5.41, 5.74) is 7.06. The molecule has 0 amide bonds. The van der Waals surface area contributed by atoms with Crippen molar-refractivity contribution in [1.82, 2.24) is 14.9 Å². The van der Waals surface area contributed by atoms with Gasteiger partial charge in [-0.25, -0.2) is 4.98 Å². The van der Waals surface area contributed by atoms with Crippen molar-refractivity contribution in [2.45, 2.75) is 19.9 Å². The third kappa shape index (κ3) is 3.03. The Morgan fingerprint density at radius 2 is 2.30 bits per heavy atom. The van der Waals surface area contributed by atoms with Gasteiger partial charge in [0.25, 0.3) is 0 Å². The van der Waals surface area contributed by atoms with E-state index in [1.807, 2.05) is 17.3 Å². The average Bonchev–Trinajstić information content (AvgIpc) is 3.27. The van der Waals surface area contributed by atoms with Crippen molar-refractivity contribution >= 4 is 40.1 Å². The highest BCUT2D eigenvalue weighted by Gasteiger charge is 2.09. The number of benzene rings is 1. The normalized spacial score (nSPS) is 16.3. The van der Waals surface area contributed by atoms with Crippen LogP contribution in [0.3, 0.4) is 0 Å². The average molecular weight is 342 g/mol. The first-order valence-corrected chi connectivity index (χ1v) is 9.84. The van der Waals surface area contributed by atoms with Gasteiger partial charge in [-0.15, -0.1) is 23.1 Å². The minimum Gasteiger partial charge on any atom is -0.379 e. The minimum absolute atomic E-state index is 1.00. The van der Waals surface area contributed by atoms with Crippen molar-refractivity contribution in [3.63, 3.8) is 0 Å². The molecule has 1 fully saturated rings. The molecule has 0 bridgehead atoms. The van der Waals surface area contributed by atoms with E-state index in [-0.39, 0.29) is 0 Å². The second-order valence-electron chi connectivity index (χ2n) is 5.74. The smallest absolute Gasteiger partial charge is 0.0797 e. The lowest BCUT2D eigenvalue weighted by Gasteiger charge is -2.06. The second kappa shape index (κ2) is 6.42. The highest BCUT2D eigenvalue weighted by molar-refractivity contribution is 7.99. The van der Waals surface area contributed by atoms with Crippen molar-refractivity contribution in [3.05, 3.63) is 57.8 Å². The van der Waals surface area contributed by atoms with Crippen molar-refractivity contribution < 1.29 is 0 Å². The number of fused-ring (bicyclic) bond motifs is 1. The summed E-state index contributed by atoms with van der Waals surface area (Å²) < 4.78 is 2.35. The van der Waals surface area contributed by atoms with Crippen LogP contribution in [0.25, 0.3) is 17.0 Å². The predicted octanol–water partition coefficient (Wildman–Crippen LogP) is 4.28. The summed E-state index contributed by atoms with van der Waals surface area (Å²) in [6.07, 6.45) is 5.55. The summed E-state index contributed by atoms with van der Waals surface area (Å²) in [5, 5.41) is 4.77. The zero-order valence-electron chi connectivity index (χ0n) is 13.1. The molecule has 0 radical (unpaired) electrons. The molecular weight excluding hydrogens is 322 g/mol. The van der Waals surface area contributed by atoms with Crippen LogP contribution in [0.4, 0.5) is 0 Å². The molecule has 1 aromatic carbocycles. The molecule has 3 heterocycles. The Morgan fingerprint density at radius 3 is 3.09 bits per heavy atom. The van der Waals surface area contributed by atoms with Crippen LogP contribution in [-0.2, 0) is 13.0 Å². The van der Waals surface area contributed by atoms with Crippen LogP contribution in [0, 0.1) is 6.92 Å². The van der Waals surface area contributed by atoms with Gasteiger partial charge in [0.2, 0.25) is 0 Å². The van der Waals surface area contributed by atoms with Crippen molar-refractivity contribution in [2.75, 3.05) is 11.6 Å². The Hall–Kier alpha value is -1.72. The van der Waals surface area contributed by atoms with Crippen molar-refractivity contribution in [2.24, 2.45) is 0 Å². The topological polar surface area (TPSA) is 29.9 Å². The first kappa shape index (κ1) is 14.8. The van der Waals surface area contributed by atoms with Gasteiger partial charge in [0, 0.05) is 46.4 Å². The molecule has 0 spiro atoms. The Morgan fingerprint density at radius 1 is 1.35 bits per heavy atom. The van der Waals surface area contributed by atoms with E-state index in [9.17, 15) is 0 Å². The number of hydrogen-bond donors (Lipinski definition) is 1. The number of aryl methyl sites for hydroxylation is 3. The quantitative estimate of drug-likeness (QED) is 0.768. The molecule has 118 valence electrons. The Bertz CT molecular complexity index is 852. The molecule has 3 nitrogen and oxygen atoms in total. The molecule has 0 aliphatic carbocycles. The molecule has 0 atom stereocenters. The van der Waals surface area contributed by atoms with Gasteiger partial charge in [0.15, 0.2) is 0 Å². The van der Waals surface area contributed by atoms with Gasteiger partial charge in [-0.05, 0) is 30.7 Å². The fourth-order valence-electron chi connectivity index (χ4n) is 2.99. The van der Waals surface area contributed by atoms with Gasteiger partial charge in [-0.3, -0.25) is 0 Å². The molecule has 1 aliphatic heterocycles. The van der Waals surface area contributed by atoms with Crippen molar-refractivity contribution in [1.29, 1.82) is 0 Å². The SMILES string of the molecule is Cc1ncsc1CCn1ccc2c(C=C3CSCN3)cccc21. The van der Waals surface area contributed by atoms with E-state index < -0.39 is 0 Å². The van der Waals surface area contributed by atoms with Gasteiger partial charge >= 0.3 is 0 Å². The van der Waals surface area contributed by atoms with Crippen LogP contribution < -0.4 is 5.32 Å². The van der Waals surface area contributed by atoms with Crippen LogP contribution in [0.15, 0.2) is 41.7 Å². The monoisotopic (exact) mass is 341 g/mol. The number of nitrogens with one attached hydrogen (secondary N) is 1. The van der Waals surface area contributed by atoms with Crippen molar-refractivity contribution in [3.8, 4) is 0 Å². The maximum Gasteiger partial charge on any atom is 0.0797 e. The fourth-order valence-corrected chi connectivity index (χ4v) is 4.56. The van der Waals surface area contributed by atoms with E-state index in [0.717, 1.165) is 24.6 Å². The first-order chi connectivity index (χ1) is 11.3. The Labute approximate surface area is 144 Å². The molecule has 5 heteroatoms. The van der Waals surface area contributed by atoms with Crippen LogP contribution in [0.1, 0.15) is 16.1 Å². The molecule has 1 N–H and O–H groups in total. The molecule has 23 heavy (non-hydrogen) atoms. The summed E-state index contributed by atoms with van der Waals surface area (Å²) in [7, 11) is 0. The lowest BCUT2D eigenvalue weighted by Crippen LogP contribution is -2.03. The zero-order valence-corrected chi connectivity index (χ0v) is 14.7. The van der Waals surface area contributed by atoms with Gasteiger partial charge in [-0.2, -0.15) is 0 Å². The predicted molar refractivity (Wildman–Crippen MR) is 101 cm³/mol. The van der Waals surface area contributed by atoms with E-state index in [0.29, 0.717) is 0 Å². The van der Waals surface area contributed by atoms with Gasteiger partial charge in [0.05, 0.1) is 17.1 Å². The lowest BCUT2D eigenvalue weighted by atomic mass is 10.1. The maximum atomic E-state index is 4.34. The number of thiazole rings is 1. The maximum absolute atomic E-state index is 4.34. The van der Waals surface area contributed by atoms with E-state index in [1.54, 1.807) is 11.3 Å². The van der Waals surface area contributed by atoms with E-state index in [4.69, 9.17) is 0 Å². The Balaban J connectivity index is 1.62. The van der Waals surface area contributed by atoms with Gasteiger partial charge in [-0.1, -0.05) is 12.1 Å². The van der Waals surface area contributed by atoms with Crippen LogP contribution in [0.5, 0.6) is 0 Å². The van der Waals surface area contributed by atoms with Gasteiger partial charge < -0.3 is 9.88 Å². The third-order valence-corrected chi connectivity index (χ3v) is 6.12. The second-order valence-corrected chi connectivity index (χ2v) is 7.66. The van der Waals surface area contributed by atoms with E-state index in [2.05, 4.69) is 58.3 Å². The number of aromatic nitrogens is 2. The van der Waals surface area contributed by atoms with E-state index >= 15 is 0 Å². The van der Waals surface area contributed by atoms with Crippen LogP contribution in [-0.4, -0.2) is 21.2 Å². The lowest BCUT2D eigenvalue weighted by molar-refractivity contribution is 0.726. The van der Waals surface area contributed by atoms with Crippen LogP contribution in [0.2, 0.25) is 0 Å². The summed E-state index contributed by atoms with van der Waals surface area (Å²) in [5.74, 6) is 2.11. The molecule has 1 saturated heterocycles. The fraction of sp³-hybridized carbons (Fsp3) is 0.278. The van der Waals surface area contributed by atoms with Gasteiger partial charge in [0.1, 0.15) is 0 Å². The summed E-state index contributed by atoms with van der Waals surface area (Å²) in [6, 6.07) is 8.82. The first-order valence-electron chi connectivity index (χ1n) is 7.80. The molecule has 0 saturated carbocycles. The summed E-state index contributed by atoms with van der Waals surface area (Å²) in [6.45, 7) is 3.09. The number of thioether (sulfide) groups is 1. The molecule has 2 aromatic heterocycles. The molecule has 3 aromatic rings. The molecular formula is C18H19N3S2. The number of nitrogens with zero attached hydrogens (tertiary/aromatic N) is 2. The summed E-state index contributed by atoms with van der Waals surface area (Å²) >= 11 is 3.69. The highest BCUT2D eigenvalue weighted by atomic mass is 32.2. The molecule has 4 rings (SSSR count). The zero-order chi connectivity index (χ0) is 15.6.